The summed E-state index contributed by atoms with van der Waals surface area (Å²) in [4.78, 5) is 12.4. The van der Waals surface area contributed by atoms with E-state index in [4.69, 9.17) is 0 Å². The highest BCUT2D eigenvalue weighted by Gasteiger charge is 2.20. The minimum atomic E-state index is -3.96. The smallest absolute Gasteiger partial charge is 0.262 e. The molecule has 0 fully saturated rings. The van der Waals surface area contributed by atoms with Gasteiger partial charge in [-0.25, -0.2) is 12.8 Å². The van der Waals surface area contributed by atoms with Crippen LogP contribution in [0, 0.1) is 12.7 Å². The van der Waals surface area contributed by atoms with Gasteiger partial charge >= 0.3 is 0 Å². The third-order valence-electron chi connectivity index (χ3n) is 3.90. The summed E-state index contributed by atoms with van der Waals surface area (Å²) in [5.41, 5.74) is 0.646. The van der Waals surface area contributed by atoms with Crippen molar-refractivity contribution in [3.63, 3.8) is 0 Å². The van der Waals surface area contributed by atoms with Crippen molar-refractivity contribution in [3.05, 3.63) is 59.4 Å². The summed E-state index contributed by atoms with van der Waals surface area (Å²) in [5, 5.41) is 5.75. The number of para-hydroxylation sites is 1. The van der Waals surface area contributed by atoms with Gasteiger partial charge in [0.25, 0.3) is 15.9 Å². The van der Waals surface area contributed by atoms with Crippen LogP contribution in [0.5, 0.6) is 0 Å². The van der Waals surface area contributed by atoms with Crippen LogP contribution in [-0.4, -0.2) is 34.0 Å². The summed E-state index contributed by atoms with van der Waals surface area (Å²) in [6.45, 7) is 3.81. The number of hydrogen-bond donors (Lipinski definition) is 3. The Hall–Kier alpha value is -2.16. The molecular weight excluding hydrogens is 393 g/mol. The zero-order valence-electron chi connectivity index (χ0n) is 15.2. The summed E-state index contributed by atoms with van der Waals surface area (Å²) in [6, 6.07) is 9.82. The summed E-state index contributed by atoms with van der Waals surface area (Å²) in [7, 11) is -2.18. The number of likely N-dealkylation sites (N-methyl/N-ethyl adjacent to an activating group) is 1. The van der Waals surface area contributed by atoms with Crippen LogP contribution in [0.3, 0.4) is 0 Å². The molecule has 0 saturated heterocycles. The lowest BCUT2D eigenvalue weighted by molar-refractivity contribution is 0.0951. The summed E-state index contributed by atoms with van der Waals surface area (Å²) < 4.78 is 40.9. The number of carbonyl (C=O) groups is 1. The standard InChI is InChI=1S/C18H22FN3O3S.ClH/c1-12-10-14(19)8-9-17(12)26(24,25)22-16-7-5-4-6-15(16)18(23)21-11-13(2)20-3;/h4-10,13,20,22H,11H2,1-3H3,(H,21,23);1H. The first-order chi connectivity index (χ1) is 12.2. The number of benzene rings is 2. The molecule has 0 aliphatic rings. The van der Waals surface area contributed by atoms with E-state index in [0.29, 0.717) is 6.54 Å². The average Bonchev–Trinajstić information content (AvgIpc) is 2.59. The van der Waals surface area contributed by atoms with Crippen molar-refractivity contribution in [2.24, 2.45) is 0 Å². The van der Waals surface area contributed by atoms with Gasteiger partial charge in [0.1, 0.15) is 5.82 Å². The monoisotopic (exact) mass is 415 g/mol. The van der Waals surface area contributed by atoms with Crippen LogP contribution < -0.4 is 15.4 Å². The van der Waals surface area contributed by atoms with Gasteiger partial charge in [0.2, 0.25) is 0 Å². The number of aryl methyl sites for hydroxylation is 1. The Bertz CT molecular complexity index is 906. The van der Waals surface area contributed by atoms with Crippen molar-refractivity contribution >= 4 is 34.0 Å². The van der Waals surface area contributed by atoms with Crippen LogP contribution in [0.4, 0.5) is 10.1 Å². The molecule has 2 aromatic rings. The fourth-order valence-electron chi connectivity index (χ4n) is 2.33. The van der Waals surface area contributed by atoms with Crippen LogP contribution in [0.25, 0.3) is 0 Å². The largest absolute Gasteiger partial charge is 0.350 e. The number of carbonyl (C=O) groups excluding carboxylic acids is 1. The first-order valence-corrected chi connectivity index (χ1v) is 9.56. The molecule has 0 saturated carbocycles. The molecule has 0 aliphatic heterocycles. The Morgan fingerprint density at radius 3 is 2.48 bits per heavy atom. The number of rotatable bonds is 7. The first kappa shape index (κ1) is 22.9. The molecule has 2 aromatic carbocycles. The maximum absolute atomic E-state index is 13.2. The molecule has 2 rings (SSSR count). The minimum absolute atomic E-state index is 0. The number of hydrogen-bond acceptors (Lipinski definition) is 4. The SMILES string of the molecule is CNC(C)CNC(=O)c1ccccc1NS(=O)(=O)c1ccc(F)cc1C.Cl. The van der Waals surface area contributed by atoms with Gasteiger partial charge in [-0.1, -0.05) is 12.1 Å². The lowest BCUT2D eigenvalue weighted by atomic mass is 10.1. The molecule has 1 amide bonds. The van der Waals surface area contributed by atoms with Crippen molar-refractivity contribution in [2.75, 3.05) is 18.3 Å². The van der Waals surface area contributed by atoms with Crippen molar-refractivity contribution in [1.82, 2.24) is 10.6 Å². The van der Waals surface area contributed by atoms with E-state index < -0.39 is 15.8 Å². The molecule has 9 heteroatoms. The quantitative estimate of drug-likeness (QED) is 0.648. The third-order valence-corrected chi connectivity index (χ3v) is 5.43. The predicted octanol–water partition coefficient (Wildman–Crippen LogP) is 2.69. The highest BCUT2D eigenvalue weighted by Crippen LogP contribution is 2.22. The van der Waals surface area contributed by atoms with E-state index in [1.165, 1.54) is 25.1 Å². The van der Waals surface area contributed by atoms with Crippen molar-refractivity contribution < 1.29 is 17.6 Å². The zero-order chi connectivity index (χ0) is 19.3. The molecule has 148 valence electrons. The summed E-state index contributed by atoms with van der Waals surface area (Å²) in [5.74, 6) is -0.902. The molecule has 0 radical (unpaired) electrons. The lowest BCUT2D eigenvalue weighted by Gasteiger charge is -2.15. The highest BCUT2D eigenvalue weighted by atomic mass is 35.5. The second-order valence-electron chi connectivity index (χ2n) is 5.96. The molecule has 0 heterocycles. The Balaban J connectivity index is 0.00000364. The van der Waals surface area contributed by atoms with Crippen LogP contribution in [0.15, 0.2) is 47.4 Å². The number of nitrogens with one attached hydrogen (secondary N) is 3. The van der Waals surface area contributed by atoms with Gasteiger partial charge in [-0.05, 0) is 56.8 Å². The molecule has 1 unspecified atom stereocenters. The molecule has 0 bridgehead atoms. The Morgan fingerprint density at radius 2 is 1.85 bits per heavy atom. The third kappa shape index (κ3) is 5.92. The lowest BCUT2D eigenvalue weighted by Crippen LogP contribution is -2.37. The van der Waals surface area contributed by atoms with Crippen LogP contribution in [-0.2, 0) is 10.0 Å². The van der Waals surface area contributed by atoms with Gasteiger partial charge in [0, 0.05) is 12.6 Å². The summed E-state index contributed by atoms with van der Waals surface area (Å²) in [6.07, 6.45) is 0. The van der Waals surface area contributed by atoms with E-state index in [1.54, 1.807) is 19.2 Å². The Morgan fingerprint density at radius 1 is 1.19 bits per heavy atom. The molecule has 3 N–H and O–H groups in total. The second-order valence-corrected chi connectivity index (χ2v) is 7.61. The predicted molar refractivity (Wildman–Crippen MR) is 106 cm³/mol. The van der Waals surface area contributed by atoms with E-state index in [0.717, 1.165) is 12.1 Å². The molecule has 0 aliphatic carbocycles. The maximum atomic E-state index is 13.2. The molecular formula is C18H23ClFN3O3S. The van der Waals surface area contributed by atoms with E-state index in [9.17, 15) is 17.6 Å². The minimum Gasteiger partial charge on any atom is -0.350 e. The van der Waals surface area contributed by atoms with Crippen molar-refractivity contribution in [1.29, 1.82) is 0 Å². The normalized spacial score (nSPS) is 12.0. The Kier molecular flexibility index (Phi) is 8.20. The maximum Gasteiger partial charge on any atom is 0.262 e. The van der Waals surface area contributed by atoms with Crippen molar-refractivity contribution in [2.45, 2.75) is 24.8 Å². The van der Waals surface area contributed by atoms with Gasteiger partial charge in [-0.3, -0.25) is 9.52 Å². The van der Waals surface area contributed by atoms with E-state index in [1.807, 2.05) is 6.92 Å². The highest BCUT2D eigenvalue weighted by molar-refractivity contribution is 7.92. The fraction of sp³-hybridized carbons (Fsp3) is 0.278. The van der Waals surface area contributed by atoms with Crippen LogP contribution in [0.2, 0.25) is 0 Å². The molecule has 0 aromatic heterocycles. The van der Waals surface area contributed by atoms with E-state index >= 15 is 0 Å². The van der Waals surface area contributed by atoms with Crippen LogP contribution in [0.1, 0.15) is 22.8 Å². The summed E-state index contributed by atoms with van der Waals surface area (Å²) >= 11 is 0. The number of amides is 1. The molecule has 1 atom stereocenters. The first-order valence-electron chi connectivity index (χ1n) is 8.08. The van der Waals surface area contributed by atoms with Crippen molar-refractivity contribution in [3.8, 4) is 0 Å². The fourth-order valence-corrected chi connectivity index (χ4v) is 3.63. The van der Waals surface area contributed by atoms with E-state index in [-0.39, 0.29) is 46.1 Å². The Labute approximate surface area is 165 Å². The molecule has 6 nitrogen and oxygen atoms in total. The number of anilines is 1. The van der Waals surface area contributed by atoms with Crippen LogP contribution >= 0.6 is 12.4 Å². The zero-order valence-corrected chi connectivity index (χ0v) is 16.9. The number of sulfonamides is 1. The van der Waals surface area contributed by atoms with Gasteiger partial charge in [0.05, 0.1) is 16.1 Å². The average molecular weight is 416 g/mol. The van der Waals surface area contributed by atoms with Gasteiger partial charge < -0.3 is 10.6 Å². The second kappa shape index (κ2) is 9.68. The van der Waals surface area contributed by atoms with E-state index in [2.05, 4.69) is 15.4 Å². The van der Waals surface area contributed by atoms with Gasteiger partial charge in [-0.15, -0.1) is 12.4 Å². The van der Waals surface area contributed by atoms with Gasteiger partial charge in [-0.2, -0.15) is 0 Å². The van der Waals surface area contributed by atoms with Gasteiger partial charge in [0.15, 0.2) is 0 Å². The number of halogens is 2. The molecule has 27 heavy (non-hydrogen) atoms. The topological polar surface area (TPSA) is 87.3 Å². The molecule has 0 spiro atoms.